The van der Waals surface area contributed by atoms with E-state index in [9.17, 15) is 13.2 Å². The Labute approximate surface area is 188 Å². The SMILES string of the molecule is CCCOc1ccccc1NC(=O)/C=C/c1ccc(OC)c(S(=O)(=O)N2CCOCC2)c1. The third-order valence-electron chi connectivity index (χ3n) is 4.81. The van der Waals surface area contributed by atoms with Crippen LogP contribution in [-0.4, -0.2) is 58.7 Å². The van der Waals surface area contributed by atoms with Crippen LogP contribution in [-0.2, 0) is 19.6 Å². The van der Waals surface area contributed by atoms with Gasteiger partial charge in [-0.3, -0.25) is 4.79 Å². The zero-order valence-electron chi connectivity index (χ0n) is 18.2. The minimum atomic E-state index is -3.75. The number of methoxy groups -OCH3 is 1. The van der Waals surface area contributed by atoms with Gasteiger partial charge in [-0.2, -0.15) is 4.31 Å². The van der Waals surface area contributed by atoms with Crippen LogP contribution in [0.15, 0.2) is 53.4 Å². The molecule has 172 valence electrons. The zero-order valence-corrected chi connectivity index (χ0v) is 19.1. The average Bonchev–Trinajstić information content (AvgIpc) is 2.82. The van der Waals surface area contributed by atoms with Gasteiger partial charge in [0.1, 0.15) is 16.4 Å². The molecular formula is C23H28N2O6S. The van der Waals surface area contributed by atoms with Crippen molar-refractivity contribution in [2.75, 3.05) is 45.3 Å². The molecule has 0 saturated carbocycles. The lowest BCUT2D eigenvalue weighted by Crippen LogP contribution is -2.40. The summed E-state index contributed by atoms with van der Waals surface area (Å²) in [6.07, 6.45) is 3.77. The van der Waals surface area contributed by atoms with Gasteiger partial charge in [-0.15, -0.1) is 0 Å². The summed E-state index contributed by atoms with van der Waals surface area (Å²) in [7, 11) is -2.33. The highest BCUT2D eigenvalue weighted by Gasteiger charge is 2.29. The van der Waals surface area contributed by atoms with Gasteiger partial charge < -0.3 is 19.5 Å². The van der Waals surface area contributed by atoms with Gasteiger partial charge in [0.2, 0.25) is 15.9 Å². The molecule has 1 N–H and O–H groups in total. The Morgan fingerprint density at radius 1 is 1.16 bits per heavy atom. The third kappa shape index (κ3) is 5.87. The van der Waals surface area contributed by atoms with E-state index >= 15 is 0 Å². The van der Waals surface area contributed by atoms with Gasteiger partial charge in [-0.1, -0.05) is 25.1 Å². The maximum Gasteiger partial charge on any atom is 0.248 e. The fraction of sp³-hybridized carbons (Fsp3) is 0.348. The lowest BCUT2D eigenvalue weighted by molar-refractivity contribution is -0.111. The fourth-order valence-corrected chi connectivity index (χ4v) is 4.78. The van der Waals surface area contributed by atoms with Crippen molar-refractivity contribution in [2.24, 2.45) is 0 Å². The van der Waals surface area contributed by atoms with Gasteiger partial charge in [0.15, 0.2) is 0 Å². The number of rotatable bonds is 9. The molecule has 2 aromatic rings. The van der Waals surface area contributed by atoms with Crippen molar-refractivity contribution in [1.29, 1.82) is 0 Å². The van der Waals surface area contributed by atoms with Crippen LogP contribution in [0.2, 0.25) is 0 Å². The molecule has 1 amide bonds. The Morgan fingerprint density at radius 3 is 2.62 bits per heavy atom. The topological polar surface area (TPSA) is 94.2 Å². The molecule has 1 saturated heterocycles. The predicted molar refractivity (Wildman–Crippen MR) is 122 cm³/mol. The van der Waals surface area contributed by atoms with Gasteiger partial charge in [-0.25, -0.2) is 8.42 Å². The molecule has 2 aromatic carbocycles. The van der Waals surface area contributed by atoms with Gasteiger partial charge in [0, 0.05) is 19.2 Å². The van der Waals surface area contributed by atoms with Crippen LogP contribution in [0.3, 0.4) is 0 Å². The van der Waals surface area contributed by atoms with E-state index in [1.807, 2.05) is 19.1 Å². The lowest BCUT2D eigenvalue weighted by atomic mass is 10.2. The van der Waals surface area contributed by atoms with E-state index in [0.717, 1.165) is 6.42 Å². The van der Waals surface area contributed by atoms with Crippen molar-refractivity contribution in [3.05, 3.63) is 54.1 Å². The van der Waals surface area contributed by atoms with Gasteiger partial charge in [-0.05, 0) is 42.3 Å². The van der Waals surface area contributed by atoms with Crippen molar-refractivity contribution in [3.8, 4) is 11.5 Å². The van der Waals surface area contributed by atoms with Crippen molar-refractivity contribution >= 4 is 27.7 Å². The van der Waals surface area contributed by atoms with Crippen LogP contribution >= 0.6 is 0 Å². The number of benzene rings is 2. The first-order valence-electron chi connectivity index (χ1n) is 10.4. The first-order valence-corrected chi connectivity index (χ1v) is 11.9. The molecule has 0 bridgehead atoms. The first kappa shape index (κ1) is 23.8. The third-order valence-corrected chi connectivity index (χ3v) is 6.73. The summed E-state index contributed by atoms with van der Waals surface area (Å²) in [6.45, 7) is 3.83. The molecule has 1 aliphatic heterocycles. The van der Waals surface area contributed by atoms with Crippen molar-refractivity contribution < 1.29 is 27.4 Å². The van der Waals surface area contributed by atoms with Crippen LogP contribution in [0, 0.1) is 0 Å². The quantitative estimate of drug-likeness (QED) is 0.578. The Balaban J connectivity index is 1.78. The van der Waals surface area contributed by atoms with Gasteiger partial charge in [0.05, 0.1) is 32.6 Å². The Morgan fingerprint density at radius 2 is 1.91 bits per heavy atom. The molecule has 1 aliphatic rings. The number of morpholine rings is 1. The fourth-order valence-electron chi connectivity index (χ4n) is 3.18. The molecule has 0 aliphatic carbocycles. The molecular weight excluding hydrogens is 432 g/mol. The van der Waals surface area contributed by atoms with E-state index in [2.05, 4.69) is 5.32 Å². The molecule has 0 aromatic heterocycles. The normalized spacial score (nSPS) is 14.9. The van der Waals surface area contributed by atoms with Gasteiger partial charge >= 0.3 is 0 Å². The van der Waals surface area contributed by atoms with Crippen molar-refractivity contribution in [2.45, 2.75) is 18.2 Å². The second kappa shape index (κ2) is 11.1. The summed E-state index contributed by atoms with van der Waals surface area (Å²) in [4.78, 5) is 12.5. The average molecular weight is 461 g/mol. The molecule has 1 heterocycles. The standard InChI is InChI=1S/C23H28N2O6S/c1-3-14-31-20-7-5-4-6-19(20)24-23(26)11-9-18-8-10-21(29-2)22(17-18)32(27,28)25-12-15-30-16-13-25/h4-11,17H,3,12-16H2,1-2H3,(H,24,26)/b11-9+. The molecule has 32 heavy (non-hydrogen) atoms. The van der Waals surface area contributed by atoms with Gasteiger partial charge in [0.25, 0.3) is 0 Å². The summed E-state index contributed by atoms with van der Waals surface area (Å²) in [5.74, 6) is 0.491. The molecule has 3 rings (SSSR count). The monoisotopic (exact) mass is 460 g/mol. The number of carbonyl (C=O) groups is 1. The number of amides is 1. The minimum Gasteiger partial charge on any atom is -0.495 e. The molecule has 8 nitrogen and oxygen atoms in total. The van der Waals surface area contributed by atoms with E-state index in [1.54, 1.807) is 30.3 Å². The summed E-state index contributed by atoms with van der Waals surface area (Å²) in [5, 5.41) is 2.79. The smallest absolute Gasteiger partial charge is 0.248 e. The number of nitrogens with zero attached hydrogens (tertiary/aromatic N) is 1. The zero-order chi connectivity index (χ0) is 23.0. The molecule has 0 atom stereocenters. The molecule has 0 spiro atoms. The second-order valence-corrected chi connectivity index (χ2v) is 9.00. The van der Waals surface area contributed by atoms with Crippen molar-refractivity contribution in [1.82, 2.24) is 4.31 Å². The van der Waals surface area contributed by atoms with E-state index in [4.69, 9.17) is 14.2 Å². The van der Waals surface area contributed by atoms with Crippen LogP contribution < -0.4 is 14.8 Å². The maximum atomic E-state index is 13.1. The number of anilines is 1. The summed E-state index contributed by atoms with van der Waals surface area (Å²) < 4.78 is 43.7. The molecule has 9 heteroatoms. The molecule has 0 unspecified atom stereocenters. The van der Waals surface area contributed by atoms with E-state index in [0.29, 0.717) is 36.8 Å². The number of hydrogen-bond acceptors (Lipinski definition) is 6. The summed E-state index contributed by atoms with van der Waals surface area (Å²) in [6, 6.07) is 12.0. The minimum absolute atomic E-state index is 0.0581. The molecule has 0 radical (unpaired) electrons. The van der Waals surface area contributed by atoms with Crippen LogP contribution in [0.5, 0.6) is 11.5 Å². The number of sulfonamides is 1. The number of nitrogens with one attached hydrogen (secondary N) is 1. The highest BCUT2D eigenvalue weighted by atomic mass is 32.2. The summed E-state index contributed by atoms with van der Waals surface area (Å²) in [5.41, 5.74) is 1.13. The largest absolute Gasteiger partial charge is 0.495 e. The van der Waals surface area contributed by atoms with E-state index < -0.39 is 10.0 Å². The summed E-state index contributed by atoms with van der Waals surface area (Å²) >= 11 is 0. The molecule has 1 fully saturated rings. The number of hydrogen-bond donors (Lipinski definition) is 1. The van der Waals surface area contributed by atoms with E-state index in [-0.39, 0.29) is 29.6 Å². The van der Waals surface area contributed by atoms with E-state index in [1.165, 1.54) is 23.6 Å². The highest BCUT2D eigenvalue weighted by molar-refractivity contribution is 7.89. The Kier molecular flexibility index (Phi) is 8.26. The van der Waals surface area contributed by atoms with Crippen LogP contribution in [0.4, 0.5) is 5.69 Å². The number of carbonyl (C=O) groups excluding carboxylic acids is 1. The highest BCUT2D eigenvalue weighted by Crippen LogP contribution is 2.29. The van der Waals surface area contributed by atoms with Crippen LogP contribution in [0.25, 0.3) is 6.08 Å². The maximum absolute atomic E-state index is 13.1. The lowest BCUT2D eigenvalue weighted by Gasteiger charge is -2.26. The predicted octanol–water partition coefficient (Wildman–Crippen LogP) is 3.16. The number of para-hydroxylation sites is 2. The van der Waals surface area contributed by atoms with Crippen LogP contribution in [0.1, 0.15) is 18.9 Å². The second-order valence-electron chi connectivity index (χ2n) is 7.09. The Bertz CT molecular complexity index is 1060. The Hall–Kier alpha value is -2.88. The first-order chi connectivity index (χ1) is 15.5. The van der Waals surface area contributed by atoms with Crippen molar-refractivity contribution in [3.63, 3.8) is 0 Å². The number of ether oxygens (including phenoxy) is 3.